The van der Waals surface area contributed by atoms with Gasteiger partial charge in [-0.25, -0.2) is 9.97 Å². The molecule has 0 amide bonds. The summed E-state index contributed by atoms with van der Waals surface area (Å²) in [5.74, 6) is 0.664. The van der Waals surface area contributed by atoms with E-state index in [9.17, 15) is 0 Å². The molecule has 0 saturated heterocycles. The summed E-state index contributed by atoms with van der Waals surface area (Å²) in [6, 6.07) is 63.1. The largest absolute Gasteiger partial charge is 0.278 e. The summed E-state index contributed by atoms with van der Waals surface area (Å²) in [5, 5.41) is 8.49. The minimum absolute atomic E-state index is 0.664. The Morgan fingerprint density at radius 1 is 0.385 bits per heavy atom. The van der Waals surface area contributed by atoms with Crippen LogP contribution in [0, 0.1) is 0 Å². The quantitative estimate of drug-likeness (QED) is 0.185. The predicted molar refractivity (Wildman–Crippen MR) is 221 cm³/mol. The Morgan fingerprint density at radius 3 is 1.87 bits per heavy atom. The van der Waals surface area contributed by atoms with Gasteiger partial charge in [-0.15, -0.1) is 11.3 Å². The Kier molecular flexibility index (Phi) is 6.42. The molecule has 0 fully saturated rings. The zero-order chi connectivity index (χ0) is 34.2. The zero-order valence-electron chi connectivity index (χ0n) is 28.0. The lowest BCUT2D eigenvalue weighted by Crippen LogP contribution is -2.03. The van der Waals surface area contributed by atoms with E-state index in [-0.39, 0.29) is 0 Å². The standard InChI is InChI=1S/C48H29N3S/c1-2-10-30(11-3-1)31-18-21-33(22-19-31)47-37-13-4-7-15-41(37)49-48(50-47)51-42-16-8-5-14-38(42)46-39-28-34(23-20-32(39)24-26-43(46)51)35-25-27-45-40(29-35)36-12-6-9-17-44(36)52-45/h1-29H. The van der Waals surface area contributed by atoms with E-state index in [1.165, 1.54) is 64.0 Å². The molecule has 0 spiro atoms. The van der Waals surface area contributed by atoms with E-state index in [4.69, 9.17) is 9.97 Å². The van der Waals surface area contributed by atoms with Gasteiger partial charge in [0, 0.05) is 41.9 Å². The summed E-state index contributed by atoms with van der Waals surface area (Å²) in [5.41, 5.74) is 9.88. The molecule has 242 valence electrons. The van der Waals surface area contributed by atoms with Crippen molar-refractivity contribution in [3.05, 3.63) is 176 Å². The van der Waals surface area contributed by atoms with Gasteiger partial charge in [0.1, 0.15) is 0 Å². The van der Waals surface area contributed by atoms with Gasteiger partial charge in [0.15, 0.2) is 0 Å². The van der Waals surface area contributed by atoms with Crippen LogP contribution in [0.25, 0.3) is 103 Å². The lowest BCUT2D eigenvalue weighted by atomic mass is 9.97. The van der Waals surface area contributed by atoms with Crippen LogP contribution in [0.1, 0.15) is 0 Å². The van der Waals surface area contributed by atoms with E-state index in [2.05, 4.69) is 180 Å². The third kappa shape index (κ3) is 4.51. The molecule has 3 aromatic heterocycles. The number of rotatable bonds is 4. The van der Waals surface area contributed by atoms with Gasteiger partial charge in [0.05, 0.1) is 22.2 Å². The molecular formula is C48H29N3S. The van der Waals surface area contributed by atoms with Crippen LogP contribution < -0.4 is 0 Å². The fraction of sp³-hybridized carbons (Fsp3) is 0. The van der Waals surface area contributed by atoms with Crippen LogP contribution in [0.2, 0.25) is 0 Å². The van der Waals surface area contributed by atoms with E-state index in [1.807, 2.05) is 11.3 Å². The highest BCUT2D eigenvalue weighted by Gasteiger charge is 2.19. The average Bonchev–Trinajstić information content (AvgIpc) is 3.76. The number of nitrogens with zero attached hydrogens (tertiary/aromatic N) is 3. The fourth-order valence-electron chi connectivity index (χ4n) is 7.92. The van der Waals surface area contributed by atoms with Gasteiger partial charge in [-0.2, -0.15) is 0 Å². The first kappa shape index (κ1) is 29.1. The summed E-state index contributed by atoms with van der Waals surface area (Å²) < 4.78 is 4.89. The SMILES string of the molecule is c1ccc(-c2ccc(-c3nc(-n4c5ccccc5c5c6cc(-c7ccc8sc9ccccc9c8c7)ccc6ccc54)nc4ccccc34)cc2)cc1. The van der Waals surface area contributed by atoms with Crippen molar-refractivity contribution in [1.29, 1.82) is 0 Å². The number of thiophene rings is 1. The normalized spacial score (nSPS) is 11.8. The number of hydrogen-bond acceptors (Lipinski definition) is 3. The second kappa shape index (κ2) is 11.5. The van der Waals surface area contributed by atoms with Crippen molar-refractivity contribution in [1.82, 2.24) is 14.5 Å². The Labute approximate surface area is 303 Å². The summed E-state index contributed by atoms with van der Waals surface area (Å²) in [6.45, 7) is 0. The highest BCUT2D eigenvalue weighted by molar-refractivity contribution is 7.25. The lowest BCUT2D eigenvalue weighted by molar-refractivity contribution is 1.01. The Morgan fingerprint density at radius 2 is 1.00 bits per heavy atom. The number of para-hydroxylation sites is 2. The first-order chi connectivity index (χ1) is 25.8. The molecule has 0 bridgehead atoms. The molecule has 8 aromatic carbocycles. The van der Waals surface area contributed by atoms with Crippen LogP contribution >= 0.6 is 11.3 Å². The van der Waals surface area contributed by atoms with Crippen molar-refractivity contribution in [2.24, 2.45) is 0 Å². The van der Waals surface area contributed by atoms with Crippen molar-refractivity contribution in [3.8, 4) is 39.5 Å². The predicted octanol–water partition coefficient (Wildman–Crippen LogP) is 13.2. The zero-order valence-corrected chi connectivity index (χ0v) is 28.8. The van der Waals surface area contributed by atoms with E-state index in [0.29, 0.717) is 5.95 Å². The van der Waals surface area contributed by atoms with Gasteiger partial charge in [-0.3, -0.25) is 4.57 Å². The number of fused-ring (bicyclic) bond motifs is 9. The van der Waals surface area contributed by atoms with Crippen molar-refractivity contribution in [3.63, 3.8) is 0 Å². The van der Waals surface area contributed by atoms with Crippen LogP contribution in [0.4, 0.5) is 0 Å². The van der Waals surface area contributed by atoms with Crippen molar-refractivity contribution < 1.29 is 0 Å². The number of hydrogen-bond donors (Lipinski definition) is 0. The van der Waals surface area contributed by atoms with Crippen molar-refractivity contribution in [2.45, 2.75) is 0 Å². The van der Waals surface area contributed by atoms with Crippen LogP contribution in [-0.4, -0.2) is 14.5 Å². The van der Waals surface area contributed by atoms with Gasteiger partial charge in [-0.05, 0) is 75.5 Å². The van der Waals surface area contributed by atoms with E-state index >= 15 is 0 Å². The monoisotopic (exact) mass is 679 g/mol. The molecule has 0 aliphatic carbocycles. The molecule has 0 radical (unpaired) electrons. The van der Waals surface area contributed by atoms with Gasteiger partial charge in [0.2, 0.25) is 5.95 Å². The topological polar surface area (TPSA) is 30.7 Å². The molecule has 0 N–H and O–H groups in total. The first-order valence-electron chi connectivity index (χ1n) is 17.6. The van der Waals surface area contributed by atoms with E-state index in [0.717, 1.165) is 33.2 Å². The van der Waals surface area contributed by atoms with Gasteiger partial charge < -0.3 is 0 Å². The van der Waals surface area contributed by atoms with E-state index < -0.39 is 0 Å². The summed E-state index contributed by atoms with van der Waals surface area (Å²) in [7, 11) is 0. The Bertz CT molecular complexity index is 3170. The van der Waals surface area contributed by atoms with Crippen LogP contribution in [0.15, 0.2) is 176 Å². The maximum Gasteiger partial charge on any atom is 0.235 e. The molecular weight excluding hydrogens is 651 g/mol. The molecule has 11 aromatic rings. The molecule has 52 heavy (non-hydrogen) atoms. The second-order valence-corrected chi connectivity index (χ2v) is 14.5. The molecule has 11 rings (SSSR count). The van der Waals surface area contributed by atoms with Gasteiger partial charge >= 0.3 is 0 Å². The highest BCUT2D eigenvalue weighted by atomic mass is 32.1. The molecule has 3 nitrogen and oxygen atoms in total. The fourth-order valence-corrected chi connectivity index (χ4v) is 9.01. The Balaban J connectivity index is 1.12. The molecule has 0 unspecified atom stereocenters. The molecule has 4 heteroatoms. The van der Waals surface area contributed by atoms with Crippen LogP contribution in [0.3, 0.4) is 0 Å². The first-order valence-corrected chi connectivity index (χ1v) is 18.4. The van der Waals surface area contributed by atoms with Crippen molar-refractivity contribution >= 4 is 75.0 Å². The highest BCUT2D eigenvalue weighted by Crippen LogP contribution is 2.41. The molecule has 0 aliphatic heterocycles. The van der Waals surface area contributed by atoms with Crippen LogP contribution in [0.5, 0.6) is 0 Å². The molecule has 0 saturated carbocycles. The minimum Gasteiger partial charge on any atom is -0.278 e. The lowest BCUT2D eigenvalue weighted by Gasteiger charge is -2.12. The summed E-state index contributed by atoms with van der Waals surface area (Å²) in [4.78, 5) is 10.6. The van der Waals surface area contributed by atoms with Gasteiger partial charge in [0.25, 0.3) is 0 Å². The van der Waals surface area contributed by atoms with E-state index in [1.54, 1.807) is 0 Å². The van der Waals surface area contributed by atoms with Gasteiger partial charge in [-0.1, -0.05) is 133 Å². The minimum atomic E-state index is 0.664. The average molecular weight is 680 g/mol. The smallest absolute Gasteiger partial charge is 0.235 e. The number of benzene rings is 8. The third-order valence-corrected chi connectivity index (χ3v) is 11.6. The Hall–Kier alpha value is -6.62. The molecule has 3 heterocycles. The maximum atomic E-state index is 5.36. The third-order valence-electron chi connectivity index (χ3n) is 10.4. The number of aromatic nitrogens is 3. The molecule has 0 aliphatic rings. The van der Waals surface area contributed by atoms with Crippen LogP contribution in [-0.2, 0) is 0 Å². The maximum absolute atomic E-state index is 5.36. The second-order valence-electron chi connectivity index (χ2n) is 13.4. The molecule has 0 atom stereocenters. The van der Waals surface area contributed by atoms with Crippen molar-refractivity contribution in [2.75, 3.05) is 0 Å². The summed E-state index contributed by atoms with van der Waals surface area (Å²) >= 11 is 1.86. The summed E-state index contributed by atoms with van der Waals surface area (Å²) in [6.07, 6.45) is 0.